The van der Waals surface area contributed by atoms with Crippen molar-refractivity contribution in [1.82, 2.24) is 5.06 Å². The highest BCUT2D eigenvalue weighted by Gasteiger charge is 2.22. The van der Waals surface area contributed by atoms with Crippen LogP contribution in [-0.4, -0.2) is 30.3 Å². The molecule has 0 bridgehead atoms. The second-order valence-electron chi connectivity index (χ2n) is 2.73. The van der Waals surface area contributed by atoms with E-state index in [1.54, 1.807) is 6.92 Å². The van der Waals surface area contributed by atoms with E-state index in [0.29, 0.717) is 13.0 Å². The molecule has 0 atom stereocenters. The Bertz CT molecular complexity index is 204. The number of hydrogen-bond acceptors (Lipinski definition) is 4. The third kappa shape index (κ3) is 2.93. The van der Waals surface area contributed by atoms with Gasteiger partial charge in [-0.25, -0.2) is 4.79 Å². The van der Waals surface area contributed by atoms with Crippen LogP contribution >= 0.6 is 0 Å². The van der Waals surface area contributed by atoms with Gasteiger partial charge in [-0.1, -0.05) is 0 Å². The standard InChI is InChI=1S/C8H13NO4/c1-2-12-8(11)13-9-6-4-3-5-7(9)10/h2-6H2,1H3. The molecule has 13 heavy (non-hydrogen) atoms. The van der Waals surface area contributed by atoms with E-state index >= 15 is 0 Å². The van der Waals surface area contributed by atoms with Gasteiger partial charge in [0.25, 0.3) is 5.91 Å². The van der Waals surface area contributed by atoms with Gasteiger partial charge < -0.3 is 9.57 Å². The molecule has 1 amide bonds. The first-order valence-corrected chi connectivity index (χ1v) is 4.39. The highest BCUT2D eigenvalue weighted by atomic mass is 16.8. The topological polar surface area (TPSA) is 55.8 Å². The summed E-state index contributed by atoms with van der Waals surface area (Å²) in [5, 5.41) is 1.07. The van der Waals surface area contributed by atoms with Crippen molar-refractivity contribution in [3.8, 4) is 0 Å². The number of rotatable bonds is 2. The summed E-state index contributed by atoms with van der Waals surface area (Å²) < 4.78 is 4.54. The van der Waals surface area contributed by atoms with Crippen LogP contribution in [0.15, 0.2) is 0 Å². The van der Waals surface area contributed by atoms with Gasteiger partial charge in [0, 0.05) is 6.42 Å². The summed E-state index contributed by atoms with van der Waals surface area (Å²) in [6.45, 7) is 2.40. The summed E-state index contributed by atoms with van der Waals surface area (Å²) in [5.74, 6) is -0.153. The number of hydrogen-bond donors (Lipinski definition) is 0. The molecule has 0 unspecified atom stereocenters. The highest BCUT2D eigenvalue weighted by molar-refractivity contribution is 5.77. The van der Waals surface area contributed by atoms with Crippen molar-refractivity contribution in [1.29, 1.82) is 0 Å². The van der Waals surface area contributed by atoms with Crippen molar-refractivity contribution in [2.24, 2.45) is 0 Å². The maximum atomic E-state index is 11.1. The van der Waals surface area contributed by atoms with E-state index in [9.17, 15) is 9.59 Å². The van der Waals surface area contributed by atoms with Gasteiger partial charge in [0.15, 0.2) is 0 Å². The van der Waals surface area contributed by atoms with Crippen LogP contribution in [0.4, 0.5) is 4.79 Å². The minimum atomic E-state index is -0.808. The quantitative estimate of drug-likeness (QED) is 0.607. The van der Waals surface area contributed by atoms with Gasteiger partial charge in [-0.2, -0.15) is 5.06 Å². The fourth-order valence-electron chi connectivity index (χ4n) is 1.11. The molecule has 0 spiro atoms. The Morgan fingerprint density at radius 1 is 1.54 bits per heavy atom. The molecular formula is C8H13NO4. The number of piperidine rings is 1. The third-order valence-electron chi connectivity index (χ3n) is 1.73. The molecule has 74 valence electrons. The van der Waals surface area contributed by atoms with E-state index in [2.05, 4.69) is 9.57 Å². The van der Waals surface area contributed by atoms with Crippen molar-refractivity contribution in [3.05, 3.63) is 0 Å². The molecule has 0 N–H and O–H groups in total. The van der Waals surface area contributed by atoms with Crippen LogP contribution in [0, 0.1) is 0 Å². The Balaban J connectivity index is 2.33. The molecule has 0 saturated carbocycles. The Morgan fingerprint density at radius 3 is 2.92 bits per heavy atom. The lowest BCUT2D eigenvalue weighted by atomic mass is 10.2. The van der Waals surface area contributed by atoms with Crippen LogP contribution in [-0.2, 0) is 14.4 Å². The number of carbonyl (C=O) groups excluding carboxylic acids is 2. The average molecular weight is 187 g/mol. The molecule has 1 aliphatic rings. The SMILES string of the molecule is CCOC(=O)ON1CCCCC1=O. The molecule has 0 aromatic heterocycles. The van der Waals surface area contributed by atoms with Gasteiger partial charge in [-0.15, -0.1) is 0 Å². The van der Waals surface area contributed by atoms with Crippen molar-refractivity contribution < 1.29 is 19.2 Å². The van der Waals surface area contributed by atoms with Crippen LogP contribution in [0.25, 0.3) is 0 Å². The molecule has 0 radical (unpaired) electrons. The maximum Gasteiger partial charge on any atom is 0.533 e. The average Bonchev–Trinajstić information content (AvgIpc) is 2.09. The second-order valence-corrected chi connectivity index (χ2v) is 2.73. The molecule has 1 rings (SSSR count). The Kier molecular flexibility index (Phi) is 3.54. The van der Waals surface area contributed by atoms with Gasteiger partial charge in [0.1, 0.15) is 0 Å². The predicted octanol–water partition coefficient (Wildman–Crippen LogP) is 1.09. The summed E-state index contributed by atoms with van der Waals surface area (Å²) in [7, 11) is 0. The summed E-state index contributed by atoms with van der Waals surface area (Å²) >= 11 is 0. The zero-order valence-electron chi connectivity index (χ0n) is 7.62. The van der Waals surface area contributed by atoms with E-state index in [4.69, 9.17) is 0 Å². The van der Waals surface area contributed by atoms with E-state index in [0.717, 1.165) is 17.9 Å². The van der Waals surface area contributed by atoms with E-state index in [-0.39, 0.29) is 12.5 Å². The van der Waals surface area contributed by atoms with Crippen molar-refractivity contribution >= 4 is 12.1 Å². The van der Waals surface area contributed by atoms with Crippen LogP contribution in [0.5, 0.6) is 0 Å². The Labute approximate surface area is 76.6 Å². The van der Waals surface area contributed by atoms with Gasteiger partial charge in [-0.05, 0) is 19.8 Å². The van der Waals surface area contributed by atoms with Gasteiger partial charge in [0.05, 0.1) is 13.2 Å². The first-order valence-electron chi connectivity index (χ1n) is 4.39. The molecule has 5 heteroatoms. The molecule has 1 fully saturated rings. The highest BCUT2D eigenvalue weighted by Crippen LogP contribution is 2.10. The van der Waals surface area contributed by atoms with Crippen LogP contribution in [0.1, 0.15) is 26.2 Å². The Morgan fingerprint density at radius 2 is 2.31 bits per heavy atom. The summed E-state index contributed by atoms with van der Waals surface area (Å²) in [4.78, 5) is 26.6. The molecular weight excluding hydrogens is 174 g/mol. The van der Waals surface area contributed by atoms with E-state index < -0.39 is 6.16 Å². The second kappa shape index (κ2) is 4.69. The number of carbonyl (C=O) groups is 2. The fraction of sp³-hybridized carbons (Fsp3) is 0.750. The van der Waals surface area contributed by atoms with E-state index in [1.165, 1.54) is 0 Å². The number of amides is 1. The lowest BCUT2D eigenvalue weighted by Crippen LogP contribution is -2.37. The van der Waals surface area contributed by atoms with Crippen LogP contribution < -0.4 is 0 Å². The molecule has 1 saturated heterocycles. The third-order valence-corrected chi connectivity index (χ3v) is 1.73. The van der Waals surface area contributed by atoms with Gasteiger partial charge >= 0.3 is 6.16 Å². The molecule has 0 aliphatic carbocycles. The fourth-order valence-corrected chi connectivity index (χ4v) is 1.11. The van der Waals surface area contributed by atoms with Crippen LogP contribution in [0.2, 0.25) is 0 Å². The minimum Gasteiger partial charge on any atom is -0.433 e. The van der Waals surface area contributed by atoms with Crippen LogP contribution in [0.3, 0.4) is 0 Å². The summed E-state index contributed by atoms with van der Waals surface area (Å²) in [6.07, 6.45) is 1.37. The van der Waals surface area contributed by atoms with Gasteiger partial charge in [-0.3, -0.25) is 4.79 Å². The first kappa shape index (κ1) is 9.83. The summed E-state index contributed by atoms with van der Waals surface area (Å²) in [6, 6.07) is 0. The summed E-state index contributed by atoms with van der Waals surface area (Å²) in [5.41, 5.74) is 0. The maximum absolute atomic E-state index is 11.1. The molecule has 1 aliphatic heterocycles. The normalized spacial score (nSPS) is 17.0. The van der Waals surface area contributed by atoms with Crippen molar-refractivity contribution in [3.63, 3.8) is 0 Å². The number of hydroxylamine groups is 2. The van der Waals surface area contributed by atoms with E-state index in [1.807, 2.05) is 0 Å². The monoisotopic (exact) mass is 187 g/mol. The molecule has 0 aromatic carbocycles. The smallest absolute Gasteiger partial charge is 0.433 e. The zero-order chi connectivity index (χ0) is 9.68. The zero-order valence-corrected chi connectivity index (χ0v) is 7.62. The number of nitrogens with zero attached hydrogens (tertiary/aromatic N) is 1. The minimum absolute atomic E-state index is 0.153. The van der Waals surface area contributed by atoms with Gasteiger partial charge in [0.2, 0.25) is 0 Å². The largest absolute Gasteiger partial charge is 0.533 e. The van der Waals surface area contributed by atoms with Crippen molar-refractivity contribution in [2.45, 2.75) is 26.2 Å². The molecule has 5 nitrogen and oxygen atoms in total. The van der Waals surface area contributed by atoms with Crippen molar-refractivity contribution in [2.75, 3.05) is 13.2 Å². The molecule has 1 heterocycles. The lowest BCUT2D eigenvalue weighted by Gasteiger charge is -2.23. The predicted molar refractivity (Wildman–Crippen MR) is 43.7 cm³/mol. The first-order chi connectivity index (χ1) is 6.24. The number of ether oxygens (including phenoxy) is 1. The molecule has 0 aromatic rings. The lowest BCUT2D eigenvalue weighted by molar-refractivity contribution is -0.177. The Hall–Kier alpha value is -1.26.